The number of fused-ring (bicyclic) bond motifs is 1. The Morgan fingerprint density at radius 2 is 1.75 bits per heavy atom. The number of likely N-dealkylation sites (tertiary alicyclic amines) is 1. The lowest BCUT2D eigenvalue weighted by Crippen LogP contribution is -2.59. The van der Waals surface area contributed by atoms with E-state index in [0.717, 1.165) is 5.56 Å². The van der Waals surface area contributed by atoms with E-state index >= 15 is 0 Å². The summed E-state index contributed by atoms with van der Waals surface area (Å²) < 4.78 is 6.98. The molecule has 0 aliphatic carbocycles. The summed E-state index contributed by atoms with van der Waals surface area (Å²) in [6.45, 7) is 12.1. The van der Waals surface area contributed by atoms with E-state index in [1.165, 1.54) is 9.80 Å². The third-order valence-corrected chi connectivity index (χ3v) is 10.1. The van der Waals surface area contributed by atoms with Crippen LogP contribution >= 0.6 is 11.6 Å². The van der Waals surface area contributed by atoms with E-state index in [1.807, 2.05) is 44.2 Å². The molecule has 234 valence electrons. The first-order valence-electron chi connectivity index (χ1n) is 15.5. The molecule has 9 heteroatoms. The van der Waals surface area contributed by atoms with Gasteiger partial charge in [0.05, 0.1) is 40.8 Å². The molecule has 3 aliphatic heterocycles. The van der Waals surface area contributed by atoms with Crippen LogP contribution in [0.4, 0.5) is 5.69 Å². The minimum atomic E-state index is -1.24. The fourth-order valence-electron chi connectivity index (χ4n) is 7.76. The normalized spacial score (nSPS) is 27.6. The minimum Gasteiger partial charge on any atom is -0.394 e. The number of hydrogen-bond donors (Lipinski definition) is 1. The van der Waals surface area contributed by atoms with Crippen LogP contribution in [0, 0.1) is 11.8 Å². The molecule has 1 spiro atoms. The van der Waals surface area contributed by atoms with Crippen molar-refractivity contribution in [2.75, 3.05) is 24.6 Å². The van der Waals surface area contributed by atoms with E-state index in [-0.39, 0.29) is 30.9 Å². The van der Waals surface area contributed by atoms with Crippen molar-refractivity contribution in [1.29, 1.82) is 0 Å². The molecule has 1 N–H and O–H groups in total. The molecule has 0 saturated carbocycles. The molecule has 6 atom stereocenters. The fraction of sp³-hybridized carbons (Fsp3) is 0.457. The number of amides is 3. The summed E-state index contributed by atoms with van der Waals surface area (Å²) >= 11 is 6.58. The first-order chi connectivity index (χ1) is 21.2. The Labute approximate surface area is 264 Å². The minimum absolute atomic E-state index is 0.156. The van der Waals surface area contributed by atoms with Crippen molar-refractivity contribution >= 4 is 35.0 Å². The van der Waals surface area contributed by atoms with Crippen LogP contribution in [0.1, 0.15) is 45.1 Å². The zero-order valence-electron chi connectivity index (χ0n) is 25.5. The van der Waals surface area contributed by atoms with Crippen LogP contribution in [-0.4, -0.2) is 75.6 Å². The second kappa shape index (κ2) is 12.9. The number of anilines is 1. The molecular formula is C35H42ClN3O5. The zero-order valence-corrected chi connectivity index (χ0v) is 26.3. The number of carbonyl (C=O) groups excluding carboxylic acids is 3. The van der Waals surface area contributed by atoms with Gasteiger partial charge in [-0.15, -0.1) is 13.2 Å². The third-order valence-electron chi connectivity index (χ3n) is 9.79. The maximum atomic E-state index is 14.8. The molecule has 3 amide bonds. The van der Waals surface area contributed by atoms with E-state index in [2.05, 4.69) is 13.2 Å². The second-order valence-electron chi connectivity index (χ2n) is 12.0. The lowest BCUT2D eigenvalue weighted by Gasteiger charge is -2.39. The molecule has 0 radical (unpaired) electrons. The number of hydrogen-bond acceptors (Lipinski definition) is 5. The maximum absolute atomic E-state index is 14.8. The van der Waals surface area contributed by atoms with Gasteiger partial charge < -0.3 is 24.5 Å². The van der Waals surface area contributed by atoms with Crippen molar-refractivity contribution < 1.29 is 24.2 Å². The summed E-state index contributed by atoms with van der Waals surface area (Å²) in [5.41, 5.74) is -0.674. The summed E-state index contributed by atoms with van der Waals surface area (Å²) in [5, 5.41) is 10.8. The Morgan fingerprint density at radius 1 is 1.07 bits per heavy atom. The van der Waals surface area contributed by atoms with E-state index in [9.17, 15) is 19.5 Å². The fourth-order valence-corrected chi connectivity index (χ4v) is 8.00. The summed E-state index contributed by atoms with van der Waals surface area (Å²) in [4.78, 5) is 48.9. The molecule has 44 heavy (non-hydrogen) atoms. The number of rotatable bonds is 13. The van der Waals surface area contributed by atoms with Crippen LogP contribution in [0.2, 0.25) is 5.02 Å². The molecule has 2 unspecified atom stereocenters. The Morgan fingerprint density at radius 3 is 2.36 bits per heavy atom. The standard InChI is InChI=1S/C35H42ClN3O5/c1-5-20-37(22-24-14-10-9-11-15-24)31(41)28-29-32(42)39(25(7-3)23-40)30(35(29)19-18-34(28,8-4)44-35)33(43)38(21-6-2)27-17-13-12-16-26(27)36/h5-6,9-17,25,28-30,40H,1-2,7-8,18-23H2,3-4H3/t25-,28-,29-,30?,34+,35?/m0/s1. The molecular weight excluding hydrogens is 578 g/mol. The van der Waals surface area contributed by atoms with Crippen molar-refractivity contribution in [3.63, 3.8) is 0 Å². The molecule has 0 aromatic heterocycles. The highest BCUT2D eigenvalue weighted by molar-refractivity contribution is 6.34. The van der Waals surface area contributed by atoms with Gasteiger partial charge in [0, 0.05) is 19.6 Å². The molecule has 5 rings (SSSR count). The van der Waals surface area contributed by atoms with Crippen molar-refractivity contribution in [3.05, 3.63) is 90.5 Å². The summed E-state index contributed by atoms with van der Waals surface area (Å²) in [5.74, 6) is -2.54. The SMILES string of the molecule is C=CCN(Cc1ccccc1)C(=O)[C@@H]1[C@H]2C(=O)N([C@@H](CC)CO)C(C(=O)N(CC=C)c3ccccc3Cl)C23CC[C@@]1(CC)O3. The monoisotopic (exact) mass is 619 g/mol. The molecule has 3 fully saturated rings. The van der Waals surface area contributed by atoms with Crippen LogP contribution in [0.3, 0.4) is 0 Å². The molecule has 2 bridgehead atoms. The first-order valence-corrected chi connectivity index (χ1v) is 15.8. The number of aliphatic hydroxyl groups is 1. The van der Waals surface area contributed by atoms with E-state index < -0.39 is 35.1 Å². The average molecular weight is 620 g/mol. The predicted molar refractivity (Wildman–Crippen MR) is 171 cm³/mol. The average Bonchev–Trinajstić information content (AvgIpc) is 3.64. The second-order valence-corrected chi connectivity index (χ2v) is 12.4. The molecule has 3 saturated heterocycles. The topological polar surface area (TPSA) is 90.4 Å². The van der Waals surface area contributed by atoms with Gasteiger partial charge in [0.25, 0.3) is 5.91 Å². The lowest BCUT2D eigenvalue weighted by molar-refractivity contribution is -0.154. The van der Waals surface area contributed by atoms with Crippen LogP contribution in [0.15, 0.2) is 79.9 Å². The number of carbonyl (C=O) groups is 3. The van der Waals surface area contributed by atoms with Crippen LogP contribution in [0.5, 0.6) is 0 Å². The number of benzene rings is 2. The number of halogens is 1. The van der Waals surface area contributed by atoms with Gasteiger partial charge in [0.1, 0.15) is 11.6 Å². The molecule has 2 aromatic rings. The number of nitrogens with zero attached hydrogens (tertiary/aromatic N) is 3. The summed E-state index contributed by atoms with van der Waals surface area (Å²) in [6, 6.07) is 15.1. The molecule has 2 aromatic carbocycles. The van der Waals surface area contributed by atoms with E-state index in [1.54, 1.807) is 41.3 Å². The number of para-hydroxylation sites is 1. The van der Waals surface area contributed by atoms with Gasteiger partial charge in [-0.05, 0) is 43.4 Å². The summed E-state index contributed by atoms with van der Waals surface area (Å²) in [7, 11) is 0. The highest BCUT2D eigenvalue weighted by Gasteiger charge is 2.79. The van der Waals surface area contributed by atoms with Gasteiger partial charge in [-0.25, -0.2) is 0 Å². The quantitative estimate of drug-likeness (QED) is 0.319. The number of ether oxygens (including phenoxy) is 1. The van der Waals surface area contributed by atoms with Crippen molar-refractivity contribution in [2.24, 2.45) is 11.8 Å². The van der Waals surface area contributed by atoms with Gasteiger partial charge in [-0.1, -0.05) is 80.1 Å². The molecule has 8 nitrogen and oxygen atoms in total. The smallest absolute Gasteiger partial charge is 0.253 e. The van der Waals surface area contributed by atoms with E-state index in [0.29, 0.717) is 49.5 Å². The highest BCUT2D eigenvalue weighted by atomic mass is 35.5. The van der Waals surface area contributed by atoms with Gasteiger partial charge in [-0.3, -0.25) is 14.4 Å². The van der Waals surface area contributed by atoms with Gasteiger partial charge in [0.15, 0.2) is 0 Å². The largest absolute Gasteiger partial charge is 0.394 e. The highest BCUT2D eigenvalue weighted by Crippen LogP contribution is 2.65. The number of aliphatic hydroxyl groups excluding tert-OH is 1. The predicted octanol–water partition coefficient (Wildman–Crippen LogP) is 5.00. The van der Waals surface area contributed by atoms with Crippen LogP contribution in [0.25, 0.3) is 0 Å². The van der Waals surface area contributed by atoms with Gasteiger partial charge in [0.2, 0.25) is 11.8 Å². The Bertz CT molecular complexity index is 1410. The van der Waals surface area contributed by atoms with Crippen molar-refractivity contribution in [1.82, 2.24) is 9.80 Å². The van der Waals surface area contributed by atoms with Gasteiger partial charge in [-0.2, -0.15) is 0 Å². The van der Waals surface area contributed by atoms with E-state index in [4.69, 9.17) is 16.3 Å². The summed E-state index contributed by atoms with van der Waals surface area (Å²) in [6.07, 6.45) is 5.23. The van der Waals surface area contributed by atoms with Crippen molar-refractivity contribution in [3.8, 4) is 0 Å². The Kier molecular flexibility index (Phi) is 9.35. The Balaban J connectivity index is 1.62. The van der Waals surface area contributed by atoms with Crippen LogP contribution < -0.4 is 4.90 Å². The van der Waals surface area contributed by atoms with Gasteiger partial charge >= 0.3 is 0 Å². The molecule has 3 heterocycles. The third kappa shape index (κ3) is 5.07. The molecule has 3 aliphatic rings. The Hall–Kier alpha value is -3.46. The zero-order chi connectivity index (χ0) is 31.6. The van der Waals surface area contributed by atoms with Crippen LogP contribution in [-0.2, 0) is 25.7 Å². The maximum Gasteiger partial charge on any atom is 0.253 e. The first kappa shape index (κ1) is 31.9. The van der Waals surface area contributed by atoms with Crippen molar-refractivity contribution in [2.45, 2.75) is 69.4 Å². The lowest BCUT2D eigenvalue weighted by atomic mass is 9.64.